The van der Waals surface area contributed by atoms with Crippen LogP contribution in [-0.4, -0.2) is 35.1 Å². The zero-order valence-corrected chi connectivity index (χ0v) is 14.4. The van der Waals surface area contributed by atoms with Crippen LogP contribution < -0.4 is 0 Å². The van der Waals surface area contributed by atoms with Crippen molar-refractivity contribution in [3.05, 3.63) is 11.6 Å². The maximum atomic E-state index is 6.12. The fourth-order valence-electron chi connectivity index (χ4n) is 3.81. The number of ether oxygens (including phenoxy) is 1. The summed E-state index contributed by atoms with van der Waals surface area (Å²) >= 11 is 0. The molecule has 1 fully saturated rings. The van der Waals surface area contributed by atoms with E-state index in [-0.39, 0.29) is 5.22 Å². The quantitative estimate of drug-likeness (QED) is 0.549. The minimum absolute atomic E-state index is 0.250. The number of methoxy groups -OCH3 is 1. The van der Waals surface area contributed by atoms with E-state index in [1.165, 1.54) is 18.4 Å². The summed E-state index contributed by atoms with van der Waals surface area (Å²) in [7, 11) is 3.09. The van der Waals surface area contributed by atoms with Gasteiger partial charge in [0.1, 0.15) is 5.22 Å². The molecule has 0 aromatic rings. The van der Waals surface area contributed by atoms with Gasteiger partial charge in [0.05, 0.1) is 0 Å². The van der Waals surface area contributed by atoms with Crippen LogP contribution in [-0.2, 0) is 13.6 Å². The van der Waals surface area contributed by atoms with Crippen LogP contribution in [0.3, 0.4) is 0 Å². The Bertz CT molecular complexity index is 313. The molecule has 0 N–H and O–H groups in total. The van der Waals surface area contributed by atoms with Crippen LogP contribution in [0.5, 0.6) is 0 Å². The summed E-state index contributed by atoms with van der Waals surface area (Å²) in [5.74, 6) is 0.419. The van der Waals surface area contributed by atoms with Gasteiger partial charge in [0, 0.05) is 27.2 Å². The molecule has 1 aliphatic heterocycles. The van der Waals surface area contributed by atoms with E-state index in [0.717, 1.165) is 18.9 Å². The zero-order valence-electron chi connectivity index (χ0n) is 13.4. The molecule has 0 radical (unpaired) electrons. The number of allylic oxidation sites excluding steroid dienone is 1. The highest BCUT2D eigenvalue weighted by Gasteiger charge is 2.63. The highest BCUT2D eigenvalue weighted by Crippen LogP contribution is 2.49. The van der Waals surface area contributed by atoms with Gasteiger partial charge in [-0.05, 0) is 32.7 Å². The normalized spacial score (nSPS) is 31.5. The second-order valence-corrected chi connectivity index (χ2v) is 9.15. The Hall–Kier alpha value is -0.163. The molecular weight excluding hydrogens is 256 g/mol. The Morgan fingerprint density at radius 2 is 1.95 bits per heavy atom. The lowest BCUT2D eigenvalue weighted by Gasteiger charge is -2.52. The molecule has 1 heterocycles. The lowest BCUT2D eigenvalue weighted by Crippen LogP contribution is -2.68. The second kappa shape index (κ2) is 7.02. The predicted molar refractivity (Wildman–Crippen MR) is 81.4 cm³/mol. The van der Waals surface area contributed by atoms with Gasteiger partial charge >= 0.3 is 8.56 Å². The highest BCUT2D eigenvalue weighted by atomic mass is 28.4. The molecule has 3 nitrogen and oxygen atoms in total. The lowest BCUT2D eigenvalue weighted by molar-refractivity contribution is -0.0428. The van der Waals surface area contributed by atoms with Gasteiger partial charge in [-0.2, -0.15) is 0 Å². The lowest BCUT2D eigenvalue weighted by atomic mass is 9.86. The molecule has 0 bridgehead atoms. The van der Waals surface area contributed by atoms with Crippen molar-refractivity contribution in [2.45, 2.75) is 57.7 Å². The first-order chi connectivity index (χ1) is 9.07. The van der Waals surface area contributed by atoms with Crippen molar-refractivity contribution in [1.29, 1.82) is 0 Å². The summed E-state index contributed by atoms with van der Waals surface area (Å²) in [4.78, 5) is 0. The average Bonchev–Trinajstić information content (AvgIpc) is 2.46. The van der Waals surface area contributed by atoms with Crippen LogP contribution in [0.2, 0.25) is 6.04 Å². The fraction of sp³-hybridized carbons (Fsp3) is 0.867. The molecular formula is C15H30O3Si. The Morgan fingerprint density at radius 1 is 1.32 bits per heavy atom. The molecule has 0 aliphatic carbocycles. The smallest absolute Gasteiger partial charge is 0.371 e. The van der Waals surface area contributed by atoms with Crippen molar-refractivity contribution >= 4 is 8.56 Å². The summed E-state index contributed by atoms with van der Waals surface area (Å²) in [6.07, 6.45) is 6.64. The summed E-state index contributed by atoms with van der Waals surface area (Å²) in [6.45, 7) is 6.53. The van der Waals surface area contributed by atoms with Gasteiger partial charge in [0.2, 0.25) is 0 Å². The SMILES string of the molecule is CC=C(C)C1CCC[Si](OC)(OC)C1(CCC)OC. The van der Waals surface area contributed by atoms with E-state index < -0.39 is 8.56 Å². The molecule has 0 aromatic heterocycles. The standard InChI is InChI=1S/C15H30O3Si/c1-7-11-15(16-4)14(13(3)8-2)10-9-12-19(15,17-5)18-6/h8,14H,7,9-12H2,1-6H3. The first kappa shape index (κ1) is 16.9. The van der Waals surface area contributed by atoms with Crippen LogP contribution in [0.1, 0.15) is 46.5 Å². The molecule has 2 unspecified atom stereocenters. The van der Waals surface area contributed by atoms with Crippen molar-refractivity contribution in [3.8, 4) is 0 Å². The summed E-state index contributed by atoms with van der Waals surface area (Å²) in [5, 5.41) is -0.250. The summed E-state index contributed by atoms with van der Waals surface area (Å²) in [6, 6.07) is 1.03. The Labute approximate surface area is 119 Å². The average molecular weight is 286 g/mol. The van der Waals surface area contributed by atoms with Gasteiger partial charge in [-0.3, -0.25) is 0 Å². The molecule has 19 heavy (non-hydrogen) atoms. The fourth-order valence-corrected chi connectivity index (χ4v) is 8.02. The number of rotatable bonds is 6. The summed E-state index contributed by atoms with van der Waals surface area (Å²) in [5.41, 5.74) is 1.40. The van der Waals surface area contributed by atoms with Crippen molar-refractivity contribution < 1.29 is 13.6 Å². The topological polar surface area (TPSA) is 27.7 Å². The van der Waals surface area contributed by atoms with Gasteiger partial charge in [-0.1, -0.05) is 31.4 Å². The third kappa shape index (κ3) is 2.68. The predicted octanol–water partition coefficient (Wildman–Crippen LogP) is 3.82. The van der Waals surface area contributed by atoms with Crippen LogP contribution in [0.15, 0.2) is 11.6 Å². The van der Waals surface area contributed by atoms with Gasteiger partial charge in [0.25, 0.3) is 0 Å². The minimum Gasteiger partial charge on any atom is -0.396 e. The van der Waals surface area contributed by atoms with Crippen molar-refractivity contribution in [2.75, 3.05) is 21.3 Å². The Balaban J connectivity index is 3.31. The van der Waals surface area contributed by atoms with Gasteiger partial charge in [0.15, 0.2) is 0 Å². The van der Waals surface area contributed by atoms with E-state index in [9.17, 15) is 0 Å². The van der Waals surface area contributed by atoms with E-state index >= 15 is 0 Å². The van der Waals surface area contributed by atoms with Crippen molar-refractivity contribution in [3.63, 3.8) is 0 Å². The van der Waals surface area contributed by atoms with E-state index in [0.29, 0.717) is 5.92 Å². The maximum Gasteiger partial charge on any atom is 0.371 e. The molecule has 1 rings (SSSR count). The van der Waals surface area contributed by atoms with Crippen molar-refractivity contribution in [1.82, 2.24) is 0 Å². The van der Waals surface area contributed by atoms with Crippen LogP contribution >= 0.6 is 0 Å². The van der Waals surface area contributed by atoms with Crippen LogP contribution in [0.25, 0.3) is 0 Å². The third-order valence-electron chi connectivity index (χ3n) is 4.86. The van der Waals surface area contributed by atoms with Gasteiger partial charge < -0.3 is 13.6 Å². The number of hydrogen-bond donors (Lipinski definition) is 0. The summed E-state index contributed by atoms with van der Waals surface area (Å²) < 4.78 is 18.1. The maximum absolute atomic E-state index is 6.12. The first-order valence-corrected chi connectivity index (χ1v) is 9.38. The molecule has 0 saturated carbocycles. The molecule has 0 spiro atoms. The molecule has 1 aliphatic rings. The monoisotopic (exact) mass is 286 g/mol. The molecule has 112 valence electrons. The largest absolute Gasteiger partial charge is 0.396 e. The minimum atomic E-state index is -2.34. The number of hydrogen-bond acceptors (Lipinski definition) is 3. The second-order valence-electron chi connectivity index (χ2n) is 5.48. The van der Waals surface area contributed by atoms with E-state index in [1.54, 1.807) is 14.2 Å². The molecule has 1 saturated heterocycles. The van der Waals surface area contributed by atoms with E-state index in [1.807, 2.05) is 7.11 Å². The first-order valence-electron chi connectivity index (χ1n) is 7.35. The molecule has 0 amide bonds. The van der Waals surface area contributed by atoms with Gasteiger partial charge in [-0.25, -0.2) is 0 Å². The Morgan fingerprint density at radius 3 is 2.37 bits per heavy atom. The molecule has 0 aromatic carbocycles. The zero-order chi connectivity index (χ0) is 14.5. The van der Waals surface area contributed by atoms with Gasteiger partial charge in [-0.15, -0.1) is 0 Å². The Kier molecular flexibility index (Phi) is 6.24. The third-order valence-corrected chi connectivity index (χ3v) is 9.28. The molecule has 2 atom stereocenters. The van der Waals surface area contributed by atoms with Crippen molar-refractivity contribution in [2.24, 2.45) is 5.92 Å². The van der Waals surface area contributed by atoms with E-state index in [2.05, 4.69) is 26.8 Å². The van der Waals surface area contributed by atoms with Crippen LogP contribution in [0.4, 0.5) is 0 Å². The highest BCUT2D eigenvalue weighted by molar-refractivity contribution is 6.70. The molecule has 4 heteroatoms. The van der Waals surface area contributed by atoms with Crippen LogP contribution in [0, 0.1) is 5.92 Å². The van der Waals surface area contributed by atoms with E-state index in [4.69, 9.17) is 13.6 Å².